The summed E-state index contributed by atoms with van der Waals surface area (Å²) in [5.74, 6) is -3.56. The van der Waals surface area contributed by atoms with Crippen LogP contribution in [0, 0.1) is 0 Å². The van der Waals surface area contributed by atoms with E-state index in [-0.39, 0.29) is 33.1 Å². The molecule has 0 aromatic heterocycles. The van der Waals surface area contributed by atoms with E-state index in [1.165, 1.54) is 37.3 Å². The summed E-state index contributed by atoms with van der Waals surface area (Å²) in [5, 5.41) is 11.2. The maximum Gasteiger partial charge on any atom is 0.308 e. The molecule has 25 heavy (non-hydrogen) atoms. The summed E-state index contributed by atoms with van der Waals surface area (Å²) in [6.45, 7) is 1.17. The number of ether oxygens (including phenoxy) is 1. The molecule has 1 aliphatic rings. The number of carbonyl (C=O) groups is 4. The Bertz CT molecular complexity index is 952. The minimum Gasteiger partial charge on any atom is -0.545 e. The van der Waals surface area contributed by atoms with Crippen molar-refractivity contribution in [2.75, 3.05) is 4.90 Å². The van der Waals surface area contributed by atoms with Gasteiger partial charge in [-0.2, -0.15) is 0 Å². The van der Waals surface area contributed by atoms with Gasteiger partial charge >= 0.3 is 5.97 Å². The highest BCUT2D eigenvalue weighted by Gasteiger charge is 2.38. The molecule has 2 aromatic rings. The summed E-state index contributed by atoms with van der Waals surface area (Å²) in [4.78, 5) is 48.2. The van der Waals surface area contributed by atoms with Gasteiger partial charge in [0.1, 0.15) is 0 Å². The fourth-order valence-electron chi connectivity index (χ4n) is 2.49. The van der Waals surface area contributed by atoms with Crippen molar-refractivity contribution in [2.24, 2.45) is 0 Å². The van der Waals surface area contributed by atoms with Crippen LogP contribution in [0.15, 0.2) is 36.4 Å². The van der Waals surface area contributed by atoms with Crippen LogP contribution >= 0.6 is 11.6 Å². The SMILES string of the molecule is CC(=O)Oc1ccc(Cl)cc1N1C(=O)c2ccc(C(=O)[O-])cc2C1=O. The van der Waals surface area contributed by atoms with Crippen molar-refractivity contribution < 1.29 is 29.0 Å². The summed E-state index contributed by atoms with van der Waals surface area (Å²) in [5.41, 5.74) is -0.291. The van der Waals surface area contributed by atoms with Gasteiger partial charge in [-0.3, -0.25) is 14.4 Å². The highest BCUT2D eigenvalue weighted by atomic mass is 35.5. The Morgan fingerprint density at radius 1 is 1.04 bits per heavy atom. The van der Waals surface area contributed by atoms with Crippen LogP contribution in [0.3, 0.4) is 0 Å². The summed E-state index contributed by atoms with van der Waals surface area (Å²) in [6.07, 6.45) is 0. The lowest BCUT2D eigenvalue weighted by molar-refractivity contribution is -0.255. The van der Waals surface area contributed by atoms with Crippen LogP contribution in [0.5, 0.6) is 5.75 Å². The van der Waals surface area contributed by atoms with E-state index in [4.69, 9.17) is 16.3 Å². The number of nitrogens with zero attached hydrogens (tertiary/aromatic N) is 1. The van der Waals surface area contributed by atoms with Gasteiger partial charge in [-0.05, 0) is 35.9 Å². The maximum absolute atomic E-state index is 12.6. The molecule has 0 saturated carbocycles. The van der Waals surface area contributed by atoms with E-state index >= 15 is 0 Å². The van der Waals surface area contributed by atoms with Crippen LogP contribution in [0.1, 0.15) is 38.0 Å². The third-order valence-electron chi connectivity index (χ3n) is 3.54. The number of aromatic carboxylic acids is 1. The Labute approximate surface area is 146 Å². The third-order valence-corrected chi connectivity index (χ3v) is 3.77. The molecule has 3 rings (SSSR count). The number of benzene rings is 2. The first-order valence-corrected chi connectivity index (χ1v) is 7.39. The molecule has 0 radical (unpaired) electrons. The third kappa shape index (κ3) is 2.85. The topological polar surface area (TPSA) is 104 Å². The van der Waals surface area contributed by atoms with Crippen LogP contribution in [-0.4, -0.2) is 23.8 Å². The van der Waals surface area contributed by atoms with Crippen LogP contribution in [0.4, 0.5) is 5.69 Å². The normalized spacial score (nSPS) is 13.0. The van der Waals surface area contributed by atoms with E-state index in [0.29, 0.717) is 0 Å². The van der Waals surface area contributed by atoms with Gasteiger partial charge in [-0.25, -0.2) is 4.90 Å². The van der Waals surface area contributed by atoms with Gasteiger partial charge in [-0.1, -0.05) is 17.7 Å². The zero-order chi connectivity index (χ0) is 18.3. The molecule has 0 aliphatic carbocycles. The monoisotopic (exact) mass is 358 g/mol. The maximum atomic E-state index is 12.6. The van der Waals surface area contributed by atoms with Gasteiger partial charge in [0.05, 0.1) is 22.8 Å². The van der Waals surface area contributed by atoms with Crippen molar-refractivity contribution in [3.8, 4) is 5.75 Å². The fourth-order valence-corrected chi connectivity index (χ4v) is 2.66. The largest absolute Gasteiger partial charge is 0.545 e. The summed E-state index contributed by atoms with van der Waals surface area (Å²) in [6, 6.07) is 7.58. The molecule has 0 spiro atoms. The number of carboxylic acid groups (broad SMARTS) is 1. The average Bonchev–Trinajstić information content (AvgIpc) is 2.80. The molecule has 1 aliphatic heterocycles. The minimum atomic E-state index is -1.47. The lowest BCUT2D eigenvalue weighted by atomic mass is 10.1. The van der Waals surface area contributed by atoms with Gasteiger partial charge in [0.2, 0.25) is 0 Å². The van der Waals surface area contributed by atoms with Crippen molar-refractivity contribution >= 4 is 41.0 Å². The highest BCUT2D eigenvalue weighted by molar-refractivity contribution is 6.36. The lowest BCUT2D eigenvalue weighted by Crippen LogP contribution is -2.30. The zero-order valence-corrected chi connectivity index (χ0v) is 13.5. The van der Waals surface area contributed by atoms with Gasteiger partial charge < -0.3 is 14.6 Å². The molecule has 0 unspecified atom stereocenters. The quantitative estimate of drug-likeness (QED) is 0.467. The molecule has 1 heterocycles. The van der Waals surface area contributed by atoms with E-state index in [1.807, 2.05) is 0 Å². The minimum absolute atomic E-state index is 0.0103. The molecular formula is C17H9ClNO6-. The second kappa shape index (κ2) is 6.03. The highest BCUT2D eigenvalue weighted by Crippen LogP contribution is 2.37. The summed E-state index contributed by atoms with van der Waals surface area (Å²) >= 11 is 5.93. The van der Waals surface area contributed by atoms with Gasteiger partial charge in [0.25, 0.3) is 11.8 Å². The number of anilines is 1. The van der Waals surface area contributed by atoms with Crippen molar-refractivity contribution in [3.63, 3.8) is 0 Å². The number of imide groups is 1. The molecule has 0 saturated heterocycles. The van der Waals surface area contributed by atoms with Gasteiger partial charge in [0.15, 0.2) is 5.75 Å². The second-order valence-corrected chi connectivity index (χ2v) is 5.64. The van der Waals surface area contributed by atoms with Crippen LogP contribution < -0.4 is 14.7 Å². The number of rotatable bonds is 3. The summed E-state index contributed by atoms with van der Waals surface area (Å²) in [7, 11) is 0. The number of carbonyl (C=O) groups excluding carboxylic acids is 4. The molecule has 0 bridgehead atoms. The first kappa shape index (κ1) is 16.7. The van der Waals surface area contributed by atoms with Crippen molar-refractivity contribution in [2.45, 2.75) is 6.92 Å². The smallest absolute Gasteiger partial charge is 0.308 e. The molecule has 8 heteroatoms. The van der Waals surface area contributed by atoms with Gasteiger partial charge in [0, 0.05) is 11.9 Å². The number of hydrogen-bond donors (Lipinski definition) is 0. The van der Waals surface area contributed by atoms with Crippen LogP contribution in [0.25, 0.3) is 0 Å². The van der Waals surface area contributed by atoms with E-state index in [1.54, 1.807) is 0 Å². The Kier molecular flexibility index (Phi) is 4.02. The number of hydrogen-bond acceptors (Lipinski definition) is 6. The Hall–Kier alpha value is -3.19. The Morgan fingerprint density at radius 3 is 2.36 bits per heavy atom. The molecule has 7 nitrogen and oxygen atoms in total. The number of fused-ring (bicyclic) bond motifs is 1. The second-order valence-electron chi connectivity index (χ2n) is 5.20. The molecular weight excluding hydrogens is 350 g/mol. The van der Waals surface area contributed by atoms with Crippen LogP contribution in [-0.2, 0) is 4.79 Å². The number of halogens is 1. The molecule has 0 fully saturated rings. The van der Waals surface area contributed by atoms with Crippen molar-refractivity contribution in [1.82, 2.24) is 0 Å². The first-order chi connectivity index (χ1) is 11.8. The molecule has 2 aromatic carbocycles. The Balaban J connectivity index is 2.12. The average molecular weight is 359 g/mol. The van der Waals surface area contributed by atoms with Crippen LogP contribution in [0.2, 0.25) is 5.02 Å². The first-order valence-electron chi connectivity index (χ1n) is 7.01. The van der Waals surface area contributed by atoms with Crippen molar-refractivity contribution in [1.29, 1.82) is 0 Å². The predicted molar refractivity (Wildman–Crippen MR) is 84.7 cm³/mol. The van der Waals surface area contributed by atoms with Crippen molar-refractivity contribution in [3.05, 3.63) is 58.1 Å². The zero-order valence-electron chi connectivity index (χ0n) is 12.7. The molecule has 0 atom stereocenters. The number of amides is 2. The van der Waals surface area contributed by atoms with E-state index in [9.17, 15) is 24.3 Å². The number of carboxylic acids is 1. The molecule has 126 valence electrons. The van der Waals surface area contributed by atoms with E-state index < -0.39 is 23.8 Å². The van der Waals surface area contributed by atoms with Gasteiger partial charge in [-0.15, -0.1) is 0 Å². The lowest BCUT2D eigenvalue weighted by Gasteiger charge is -2.17. The van der Waals surface area contributed by atoms with E-state index in [0.717, 1.165) is 11.0 Å². The Morgan fingerprint density at radius 2 is 1.72 bits per heavy atom. The number of esters is 1. The summed E-state index contributed by atoms with van der Waals surface area (Å²) < 4.78 is 5.02. The fraction of sp³-hybridized carbons (Fsp3) is 0.0588. The predicted octanol–water partition coefficient (Wildman–Crippen LogP) is 1.43. The molecule has 2 amide bonds. The van der Waals surface area contributed by atoms with E-state index in [2.05, 4.69) is 0 Å². The molecule has 0 N–H and O–H groups in total. The standard InChI is InChI=1S/C17H10ClNO6/c1-8(20)25-14-5-3-10(18)7-13(14)19-15(21)11-4-2-9(17(23)24)6-12(11)16(19)22/h2-7H,1H3,(H,23,24)/p-1.